The summed E-state index contributed by atoms with van der Waals surface area (Å²) >= 11 is 0. The Morgan fingerprint density at radius 2 is 0.939 bits per heavy atom. The zero-order valence-corrected chi connectivity index (χ0v) is 26.6. The highest BCUT2D eigenvalue weighted by molar-refractivity contribution is 6.17. The second kappa shape index (κ2) is 9.82. The minimum atomic E-state index is -0.366. The van der Waals surface area contributed by atoms with Crippen molar-refractivity contribution in [3.63, 3.8) is 0 Å². The van der Waals surface area contributed by atoms with Gasteiger partial charge in [-0.1, -0.05) is 140 Å². The van der Waals surface area contributed by atoms with Gasteiger partial charge in [-0.15, -0.1) is 0 Å². The second-order valence-electron chi connectivity index (χ2n) is 13.2. The van der Waals surface area contributed by atoms with Crippen LogP contribution in [0.4, 0.5) is 17.1 Å². The minimum absolute atomic E-state index is 0.366. The molecular formula is C47H29NO. The molecule has 0 atom stereocenters. The van der Waals surface area contributed by atoms with E-state index in [1.165, 1.54) is 49.9 Å². The summed E-state index contributed by atoms with van der Waals surface area (Å²) in [4.78, 5) is 2.36. The van der Waals surface area contributed by atoms with Gasteiger partial charge < -0.3 is 9.32 Å². The molecule has 0 bridgehead atoms. The zero-order valence-electron chi connectivity index (χ0n) is 26.6. The molecular weight excluding hydrogens is 595 g/mol. The van der Waals surface area contributed by atoms with E-state index in [2.05, 4.69) is 181 Å². The molecule has 2 heteroatoms. The number of anilines is 3. The highest BCUT2D eigenvalue weighted by atomic mass is 16.3. The molecule has 0 unspecified atom stereocenters. The number of hydrogen-bond acceptors (Lipinski definition) is 2. The van der Waals surface area contributed by atoms with Gasteiger partial charge >= 0.3 is 0 Å². The van der Waals surface area contributed by atoms with Crippen LogP contribution < -0.4 is 4.90 Å². The Kier molecular flexibility index (Phi) is 5.34. The van der Waals surface area contributed by atoms with Crippen LogP contribution in [0.15, 0.2) is 180 Å². The van der Waals surface area contributed by atoms with Crippen molar-refractivity contribution in [3.8, 4) is 22.3 Å². The summed E-state index contributed by atoms with van der Waals surface area (Å²) in [7, 11) is 0. The van der Waals surface area contributed by atoms with Crippen LogP contribution in [0.25, 0.3) is 55.0 Å². The van der Waals surface area contributed by atoms with E-state index in [9.17, 15) is 0 Å². The van der Waals surface area contributed by atoms with Gasteiger partial charge in [-0.2, -0.15) is 0 Å². The highest BCUT2D eigenvalue weighted by Gasteiger charge is 2.51. The van der Waals surface area contributed by atoms with Crippen LogP contribution in [0.3, 0.4) is 0 Å². The normalized spacial score (nSPS) is 13.5. The van der Waals surface area contributed by atoms with Crippen LogP contribution in [0.2, 0.25) is 0 Å². The molecule has 2 aliphatic rings. The van der Waals surface area contributed by atoms with Crippen molar-refractivity contribution in [3.05, 3.63) is 198 Å². The van der Waals surface area contributed by atoms with E-state index in [1.807, 2.05) is 0 Å². The van der Waals surface area contributed by atoms with Gasteiger partial charge in [0.05, 0.1) is 11.1 Å². The zero-order chi connectivity index (χ0) is 32.1. The number of rotatable bonds is 3. The average Bonchev–Trinajstić information content (AvgIpc) is 3.80. The number of fused-ring (bicyclic) bond motifs is 15. The standard InChI is InChI=1S/C47H29NO/c1-2-14-31(15-3-1)48(44-24-12-20-37-38-27-25-30-13-4-5-16-33(30)45(38)49-46(37)44)32-26-28-43-39(29-32)36-19-8-11-23-42(36)47(43)40-21-9-6-17-34(40)35-18-7-10-22-41(35)47/h1-29H. The first-order valence-corrected chi connectivity index (χ1v) is 16.9. The molecule has 49 heavy (non-hydrogen) atoms. The lowest BCUT2D eigenvalue weighted by Crippen LogP contribution is -2.25. The third-order valence-electron chi connectivity index (χ3n) is 10.9. The van der Waals surface area contributed by atoms with Crippen LogP contribution in [-0.4, -0.2) is 0 Å². The van der Waals surface area contributed by atoms with Crippen LogP contribution in [0.1, 0.15) is 22.3 Å². The van der Waals surface area contributed by atoms with Crippen molar-refractivity contribution in [1.29, 1.82) is 0 Å². The molecule has 0 amide bonds. The number of benzene rings is 8. The molecule has 0 fully saturated rings. The Hall–Kier alpha value is -6.38. The van der Waals surface area contributed by atoms with Crippen LogP contribution in [0.5, 0.6) is 0 Å². The van der Waals surface area contributed by atoms with Gasteiger partial charge in [-0.3, -0.25) is 0 Å². The number of hydrogen-bond donors (Lipinski definition) is 0. The SMILES string of the molecule is c1ccc(N(c2ccc3c(c2)-c2ccccc2C32c3ccccc3-c3ccccc32)c2cccc3c2oc2c4ccccc4ccc32)cc1. The summed E-state index contributed by atoms with van der Waals surface area (Å²) in [5.41, 5.74) is 15.2. The lowest BCUT2D eigenvalue weighted by Gasteiger charge is -2.31. The molecule has 1 heterocycles. The van der Waals surface area contributed by atoms with E-state index < -0.39 is 0 Å². The van der Waals surface area contributed by atoms with E-state index in [4.69, 9.17) is 4.42 Å². The second-order valence-corrected chi connectivity index (χ2v) is 13.2. The summed E-state index contributed by atoms with van der Waals surface area (Å²) in [6.45, 7) is 0. The molecule has 2 aliphatic carbocycles. The molecule has 0 saturated carbocycles. The third-order valence-corrected chi connectivity index (χ3v) is 10.9. The van der Waals surface area contributed by atoms with Gasteiger partial charge in [0.25, 0.3) is 0 Å². The van der Waals surface area contributed by atoms with Crippen molar-refractivity contribution in [2.75, 3.05) is 4.90 Å². The fourth-order valence-corrected chi connectivity index (χ4v) is 8.92. The van der Waals surface area contributed by atoms with Gasteiger partial charge in [-0.05, 0) is 86.3 Å². The average molecular weight is 624 g/mol. The Bertz CT molecular complexity index is 2740. The number of furan rings is 1. The van der Waals surface area contributed by atoms with E-state index in [1.54, 1.807) is 0 Å². The van der Waals surface area contributed by atoms with Gasteiger partial charge in [-0.25, -0.2) is 0 Å². The maximum absolute atomic E-state index is 6.88. The third kappa shape index (κ3) is 3.45. The van der Waals surface area contributed by atoms with E-state index >= 15 is 0 Å². The van der Waals surface area contributed by atoms with Gasteiger partial charge in [0.2, 0.25) is 0 Å². The molecule has 11 rings (SSSR count). The lowest BCUT2D eigenvalue weighted by atomic mass is 9.70. The molecule has 228 valence electrons. The first kappa shape index (κ1) is 26.7. The summed E-state index contributed by atoms with van der Waals surface area (Å²) in [6.07, 6.45) is 0. The quantitative estimate of drug-likeness (QED) is 0.195. The number of para-hydroxylation sites is 2. The van der Waals surface area contributed by atoms with Gasteiger partial charge in [0.1, 0.15) is 5.58 Å². The van der Waals surface area contributed by atoms with E-state index in [-0.39, 0.29) is 5.41 Å². The molecule has 1 spiro atoms. The Morgan fingerprint density at radius 3 is 1.67 bits per heavy atom. The molecule has 8 aromatic carbocycles. The molecule has 9 aromatic rings. The summed E-state index contributed by atoms with van der Waals surface area (Å²) < 4.78 is 6.88. The molecule has 2 nitrogen and oxygen atoms in total. The van der Waals surface area contributed by atoms with Crippen molar-refractivity contribution >= 4 is 49.8 Å². The van der Waals surface area contributed by atoms with Crippen molar-refractivity contribution < 1.29 is 4.42 Å². The van der Waals surface area contributed by atoms with Crippen molar-refractivity contribution in [2.24, 2.45) is 0 Å². The molecule has 0 N–H and O–H groups in total. The minimum Gasteiger partial charge on any atom is -0.453 e. The highest BCUT2D eigenvalue weighted by Crippen LogP contribution is 2.63. The van der Waals surface area contributed by atoms with Gasteiger partial charge in [0.15, 0.2) is 5.58 Å². The van der Waals surface area contributed by atoms with Crippen LogP contribution >= 0.6 is 0 Å². The Morgan fingerprint density at radius 1 is 0.367 bits per heavy atom. The molecule has 0 radical (unpaired) electrons. The maximum atomic E-state index is 6.88. The van der Waals surface area contributed by atoms with Crippen LogP contribution in [0, 0.1) is 0 Å². The smallest absolute Gasteiger partial charge is 0.159 e. The lowest BCUT2D eigenvalue weighted by molar-refractivity contribution is 0.673. The van der Waals surface area contributed by atoms with E-state index in [0.717, 1.165) is 44.4 Å². The maximum Gasteiger partial charge on any atom is 0.159 e. The van der Waals surface area contributed by atoms with Crippen molar-refractivity contribution in [1.82, 2.24) is 0 Å². The molecule has 1 aromatic heterocycles. The summed E-state index contributed by atoms with van der Waals surface area (Å²) in [5, 5.41) is 4.55. The largest absolute Gasteiger partial charge is 0.453 e. The predicted octanol–water partition coefficient (Wildman–Crippen LogP) is 12.6. The predicted molar refractivity (Wildman–Crippen MR) is 202 cm³/mol. The Balaban J connectivity index is 1.19. The first-order chi connectivity index (χ1) is 24.3. The fraction of sp³-hybridized carbons (Fsp3) is 0.0213. The monoisotopic (exact) mass is 623 g/mol. The number of nitrogens with zero attached hydrogens (tertiary/aromatic N) is 1. The van der Waals surface area contributed by atoms with E-state index in [0.29, 0.717) is 0 Å². The van der Waals surface area contributed by atoms with Crippen molar-refractivity contribution in [2.45, 2.75) is 5.41 Å². The summed E-state index contributed by atoms with van der Waals surface area (Å²) in [5.74, 6) is 0. The van der Waals surface area contributed by atoms with Crippen LogP contribution in [-0.2, 0) is 5.41 Å². The first-order valence-electron chi connectivity index (χ1n) is 16.9. The molecule has 0 aliphatic heterocycles. The topological polar surface area (TPSA) is 16.4 Å². The van der Waals surface area contributed by atoms with Gasteiger partial charge in [0, 0.05) is 27.5 Å². The summed E-state index contributed by atoms with van der Waals surface area (Å²) in [6, 6.07) is 64.1. The Labute approximate surface area is 284 Å². The molecule has 0 saturated heterocycles. The fourth-order valence-electron chi connectivity index (χ4n) is 8.92.